The van der Waals surface area contributed by atoms with E-state index in [9.17, 15) is 4.39 Å². The lowest BCUT2D eigenvalue weighted by Gasteiger charge is -2.31. The van der Waals surface area contributed by atoms with Gasteiger partial charge in [-0.3, -0.25) is 0 Å². The Hall–Kier alpha value is -1.60. The summed E-state index contributed by atoms with van der Waals surface area (Å²) in [4.78, 5) is 2.18. The molecular weight excluding hydrogens is 241 g/mol. The largest absolute Gasteiger partial charge is 0.365 e. The van der Waals surface area contributed by atoms with E-state index < -0.39 is 0 Å². The summed E-state index contributed by atoms with van der Waals surface area (Å²) in [5, 5.41) is 12.3. The van der Waals surface area contributed by atoms with Crippen molar-refractivity contribution in [3.63, 3.8) is 0 Å². The zero-order chi connectivity index (χ0) is 13.2. The fraction of sp³-hybridized carbons (Fsp3) is 0.533. The summed E-state index contributed by atoms with van der Waals surface area (Å²) in [6.07, 6.45) is 4.63. The number of hydrogen-bond acceptors (Lipinski definition) is 3. The third-order valence-electron chi connectivity index (χ3n) is 4.25. The van der Waals surface area contributed by atoms with E-state index in [-0.39, 0.29) is 5.82 Å². The topological polar surface area (TPSA) is 39.1 Å². The van der Waals surface area contributed by atoms with Crippen LogP contribution in [0.25, 0.3) is 0 Å². The molecule has 0 saturated carbocycles. The number of nitrogens with zero attached hydrogens (tertiary/aromatic N) is 2. The van der Waals surface area contributed by atoms with Crippen LogP contribution in [0.15, 0.2) is 18.2 Å². The van der Waals surface area contributed by atoms with Crippen LogP contribution in [0.3, 0.4) is 0 Å². The molecule has 4 heteroatoms. The third-order valence-corrected chi connectivity index (χ3v) is 4.25. The van der Waals surface area contributed by atoms with Gasteiger partial charge in [-0.15, -0.1) is 0 Å². The second-order valence-electron chi connectivity index (χ2n) is 5.38. The second kappa shape index (κ2) is 5.18. The van der Waals surface area contributed by atoms with Gasteiger partial charge in [-0.2, -0.15) is 5.26 Å². The number of nitrogens with one attached hydrogen (secondary N) is 1. The Morgan fingerprint density at radius 2 is 2.21 bits per heavy atom. The van der Waals surface area contributed by atoms with Crippen molar-refractivity contribution in [2.45, 2.75) is 37.8 Å². The number of rotatable bonds is 2. The van der Waals surface area contributed by atoms with Crippen LogP contribution in [0.5, 0.6) is 0 Å². The van der Waals surface area contributed by atoms with E-state index in [0.717, 1.165) is 25.9 Å². The number of hydrogen-bond donors (Lipinski definition) is 1. The fourth-order valence-electron chi connectivity index (χ4n) is 3.36. The van der Waals surface area contributed by atoms with E-state index in [1.54, 1.807) is 12.1 Å². The van der Waals surface area contributed by atoms with Crippen LogP contribution < -0.4 is 10.2 Å². The average molecular weight is 259 g/mol. The first-order valence-electron chi connectivity index (χ1n) is 6.99. The van der Waals surface area contributed by atoms with Crippen molar-refractivity contribution in [2.75, 3.05) is 18.0 Å². The van der Waals surface area contributed by atoms with Crippen LogP contribution in [0.2, 0.25) is 0 Å². The normalized spacial score (nSPS) is 26.6. The Morgan fingerprint density at radius 1 is 1.32 bits per heavy atom. The number of benzene rings is 1. The van der Waals surface area contributed by atoms with Crippen molar-refractivity contribution < 1.29 is 4.39 Å². The van der Waals surface area contributed by atoms with Gasteiger partial charge in [0.05, 0.1) is 17.3 Å². The second-order valence-corrected chi connectivity index (χ2v) is 5.38. The first-order valence-corrected chi connectivity index (χ1v) is 6.99. The Labute approximate surface area is 113 Å². The molecule has 3 rings (SSSR count). The molecule has 2 heterocycles. The lowest BCUT2D eigenvalue weighted by Crippen LogP contribution is -2.44. The summed E-state index contributed by atoms with van der Waals surface area (Å²) in [5.41, 5.74) is 1.03. The zero-order valence-electron chi connectivity index (χ0n) is 10.9. The van der Waals surface area contributed by atoms with Crippen molar-refractivity contribution in [3.8, 4) is 6.07 Å². The standard InChI is InChI=1S/C15H18FN3/c16-12-9-11(10-17)5-6-14(12)19-8-2-4-15(19)13-3-1-7-18-13/h5-6,9,13,15,18H,1-4,7-8H2. The maximum absolute atomic E-state index is 14.1. The van der Waals surface area contributed by atoms with Gasteiger partial charge < -0.3 is 10.2 Å². The number of anilines is 1. The summed E-state index contributed by atoms with van der Waals surface area (Å²) in [6, 6.07) is 7.65. The third kappa shape index (κ3) is 2.31. The molecule has 2 aliphatic heterocycles. The van der Waals surface area contributed by atoms with Crippen LogP contribution >= 0.6 is 0 Å². The van der Waals surface area contributed by atoms with Crippen LogP contribution in [0, 0.1) is 17.1 Å². The summed E-state index contributed by atoms with van der Waals surface area (Å²) in [6.45, 7) is 1.98. The van der Waals surface area contributed by atoms with E-state index in [0.29, 0.717) is 23.3 Å². The molecule has 2 saturated heterocycles. The van der Waals surface area contributed by atoms with Gasteiger partial charge >= 0.3 is 0 Å². The molecule has 0 bridgehead atoms. The van der Waals surface area contributed by atoms with Gasteiger partial charge in [0, 0.05) is 18.6 Å². The first kappa shape index (κ1) is 12.4. The molecule has 2 fully saturated rings. The van der Waals surface area contributed by atoms with Gasteiger partial charge in [-0.1, -0.05) is 0 Å². The molecule has 0 radical (unpaired) electrons. The maximum Gasteiger partial charge on any atom is 0.147 e. The molecule has 2 aliphatic rings. The van der Waals surface area contributed by atoms with Crippen LogP contribution in [-0.2, 0) is 0 Å². The molecule has 0 spiro atoms. The molecule has 100 valence electrons. The molecule has 2 unspecified atom stereocenters. The summed E-state index contributed by atoms with van der Waals surface area (Å²) >= 11 is 0. The SMILES string of the molecule is N#Cc1ccc(N2CCCC2C2CCCN2)c(F)c1. The molecule has 1 N–H and O–H groups in total. The smallest absolute Gasteiger partial charge is 0.147 e. The summed E-state index contributed by atoms with van der Waals surface area (Å²) in [5.74, 6) is -0.274. The highest BCUT2D eigenvalue weighted by molar-refractivity contribution is 5.53. The molecule has 0 aliphatic carbocycles. The lowest BCUT2D eigenvalue weighted by molar-refractivity contribution is 0.478. The minimum atomic E-state index is -0.274. The highest BCUT2D eigenvalue weighted by Crippen LogP contribution is 2.32. The van der Waals surface area contributed by atoms with E-state index in [2.05, 4.69) is 10.2 Å². The average Bonchev–Trinajstić information content (AvgIpc) is 3.08. The number of halogens is 1. The van der Waals surface area contributed by atoms with Gasteiger partial charge in [0.2, 0.25) is 0 Å². The highest BCUT2D eigenvalue weighted by Gasteiger charge is 2.34. The van der Waals surface area contributed by atoms with Crippen LogP contribution in [-0.4, -0.2) is 25.2 Å². The van der Waals surface area contributed by atoms with E-state index in [4.69, 9.17) is 5.26 Å². The molecule has 0 aromatic heterocycles. The Morgan fingerprint density at radius 3 is 2.89 bits per heavy atom. The van der Waals surface area contributed by atoms with Gasteiger partial charge in [0.1, 0.15) is 5.82 Å². The van der Waals surface area contributed by atoms with Crippen molar-refractivity contribution >= 4 is 5.69 Å². The molecule has 19 heavy (non-hydrogen) atoms. The molecule has 2 atom stereocenters. The van der Waals surface area contributed by atoms with Crippen LogP contribution in [0.4, 0.5) is 10.1 Å². The van der Waals surface area contributed by atoms with E-state index in [1.807, 2.05) is 6.07 Å². The van der Waals surface area contributed by atoms with Gasteiger partial charge in [0.25, 0.3) is 0 Å². The lowest BCUT2D eigenvalue weighted by atomic mass is 10.0. The quantitative estimate of drug-likeness (QED) is 0.886. The van der Waals surface area contributed by atoms with Crippen molar-refractivity contribution in [2.24, 2.45) is 0 Å². The Bertz CT molecular complexity index is 503. The van der Waals surface area contributed by atoms with Crippen molar-refractivity contribution in [1.82, 2.24) is 5.32 Å². The van der Waals surface area contributed by atoms with Crippen molar-refractivity contribution in [3.05, 3.63) is 29.6 Å². The summed E-state index contributed by atoms with van der Waals surface area (Å²) in [7, 11) is 0. The monoisotopic (exact) mass is 259 g/mol. The molecular formula is C15H18FN3. The molecule has 3 nitrogen and oxygen atoms in total. The minimum absolute atomic E-state index is 0.274. The molecule has 1 aromatic carbocycles. The molecule has 1 aromatic rings. The first-order chi connectivity index (χ1) is 9.29. The minimum Gasteiger partial charge on any atom is -0.365 e. The van der Waals surface area contributed by atoms with Gasteiger partial charge in [0.15, 0.2) is 0 Å². The van der Waals surface area contributed by atoms with E-state index >= 15 is 0 Å². The predicted octanol–water partition coefficient (Wildman–Crippen LogP) is 2.42. The Balaban J connectivity index is 1.86. The fourth-order valence-corrected chi connectivity index (χ4v) is 3.36. The highest BCUT2D eigenvalue weighted by atomic mass is 19.1. The predicted molar refractivity (Wildman–Crippen MR) is 72.5 cm³/mol. The zero-order valence-corrected chi connectivity index (χ0v) is 10.9. The van der Waals surface area contributed by atoms with Crippen molar-refractivity contribution in [1.29, 1.82) is 5.26 Å². The maximum atomic E-state index is 14.1. The molecule has 0 amide bonds. The van der Waals surface area contributed by atoms with Gasteiger partial charge in [-0.05, 0) is 50.4 Å². The van der Waals surface area contributed by atoms with Crippen LogP contribution in [0.1, 0.15) is 31.2 Å². The Kier molecular flexibility index (Phi) is 3.39. The van der Waals surface area contributed by atoms with E-state index in [1.165, 1.54) is 18.9 Å². The van der Waals surface area contributed by atoms with Gasteiger partial charge in [-0.25, -0.2) is 4.39 Å². The number of nitriles is 1. The summed E-state index contributed by atoms with van der Waals surface area (Å²) < 4.78 is 14.1.